The minimum atomic E-state index is 0.175. The number of aromatic amines is 1. The Morgan fingerprint density at radius 3 is 2.27 bits per heavy atom. The number of nitrogens with one attached hydrogen (secondary N) is 1. The number of aromatic nitrogens is 1. The normalized spacial score (nSPS) is 15.6. The van der Waals surface area contributed by atoms with Gasteiger partial charge in [0.2, 0.25) is 0 Å². The highest BCUT2D eigenvalue weighted by molar-refractivity contribution is 5.96. The van der Waals surface area contributed by atoms with Crippen molar-refractivity contribution in [1.29, 1.82) is 0 Å². The van der Waals surface area contributed by atoms with Gasteiger partial charge in [0.25, 0.3) is 5.91 Å². The molecule has 0 aliphatic carbocycles. The number of rotatable bonds is 2. The topological polar surface area (TPSA) is 36.1 Å². The molecule has 2 aromatic rings. The van der Waals surface area contributed by atoms with Crippen LogP contribution in [0.2, 0.25) is 0 Å². The van der Waals surface area contributed by atoms with Gasteiger partial charge in [0.15, 0.2) is 0 Å². The number of nitrogens with zero attached hydrogens (tertiary/aromatic N) is 1. The summed E-state index contributed by atoms with van der Waals surface area (Å²) in [5.41, 5.74) is 5.18. The second-order valence-corrected chi connectivity index (χ2v) is 6.29. The Kier molecular flexibility index (Phi) is 4.32. The molecule has 1 aromatic heterocycles. The van der Waals surface area contributed by atoms with Gasteiger partial charge in [-0.05, 0) is 38.3 Å². The van der Waals surface area contributed by atoms with Crippen LogP contribution in [0.3, 0.4) is 0 Å². The van der Waals surface area contributed by atoms with E-state index in [4.69, 9.17) is 0 Å². The first-order valence-electron chi connectivity index (χ1n) is 8.21. The highest BCUT2D eigenvalue weighted by Crippen LogP contribution is 2.24. The fourth-order valence-electron chi connectivity index (χ4n) is 3.11. The van der Waals surface area contributed by atoms with E-state index in [-0.39, 0.29) is 5.91 Å². The smallest absolute Gasteiger partial charge is 0.255 e. The lowest BCUT2D eigenvalue weighted by atomic mass is 10.1. The standard InChI is InChI=1S/C19H24N2O/c1-14-7-9-16(10-8-14)18-13-17(15(2)20-18)19(22)21-11-5-3-4-6-12-21/h7-10,13,20H,3-6,11-12H2,1-2H3. The maximum Gasteiger partial charge on any atom is 0.255 e. The molecule has 116 valence electrons. The lowest BCUT2D eigenvalue weighted by Crippen LogP contribution is -2.31. The average molecular weight is 296 g/mol. The average Bonchev–Trinajstić information content (AvgIpc) is 2.74. The number of carbonyl (C=O) groups excluding carboxylic acids is 1. The number of aryl methyl sites for hydroxylation is 2. The van der Waals surface area contributed by atoms with E-state index in [0.717, 1.165) is 48.4 Å². The molecule has 3 rings (SSSR count). The first-order chi connectivity index (χ1) is 10.6. The maximum atomic E-state index is 12.8. The highest BCUT2D eigenvalue weighted by Gasteiger charge is 2.20. The number of benzene rings is 1. The molecule has 0 unspecified atom stereocenters. The number of carbonyl (C=O) groups is 1. The number of amides is 1. The van der Waals surface area contributed by atoms with Crippen LogP contribution in [0.4, 0.5) is 0 Å². The first kappa shape index (κ1) is 14.9. The Hall–Kier alpha value is -2.03. The molecule has 1 amide bonds. The van der Waals surface area contributed by atoms with Crippen molar-refractivity contribution >= 4 is 5.91 Å². The van der Waals surface area contributed by atoms with Gasteiger partial charge in [-0.3, -0.25) is 4.79 Å². The fourth-order valence-corrected chi connectivity index (χ4v) is 3.11. The summed E-state index contributed by atoms with van der Waals surface area (Å²) in [4.78, 5) is 18.2. The molecule has 0 radical (unpaired) electrons. The number of hydrogen-bond acceptors (Lipinski definition) is 1. The van der Waals surface area contributed by atoms with Crippen molar-refractivity contribution in [3.8, 4) is 11.3 Å². The SMILES string of the molecule is Cc1ccc(-c2cc(C(=O)N3CCCCCC3)c(C)[nH]2)cc1. The van der Waals surface area contributed by atoms with E-state index in [9.17, 15) is 4.79 Å². The Balaban J connectivity index is 1.85. The van der Waals surface area contributed by atoms with Crippen LogP contribution in [0.5, 0.6) is 0 Å². The lowest BCUT2D eigenvalue weighted by Gasteiger charge is -2.20. The molecule has 0 saturated carbocycles. The zero-order valence-corrected chi connectivity index (χ0v) is 13.5. The van der Waals surface area contributed by atoms with Crippen LogP contribution in [-0.4, -0.2) is 28.9 Å². The zero-order valence-electron chi connectivity index (χ0n) is 13.5. The van der Waals surface area contributed by atoms with Gasteiger partial charge in [0, 0.05) is 24.5 Å². The summed E-state index contributed by atoms with van der Waals surface area (Å²) >= 11 is 0. The quantitative estimate of drug-likeness (QED) is 0.880. The van der Waals surface area contributed by atoms with Crippen LogP contribution in [0, 0.1) is 13.8 Å². The van der Waals surface area contributed by atoms with Gasteiger partial charge in [-0.15, -0.1) is 0 Å². The van der Waals surface area contributed by atoms with E-state index in [1.165, 1.54) is 18.4 Å². The molecule has 1 N–H and O–H groups in total. The molecule has 0 bridgehead atoms. The molecule has 1 aliphatic rings. The molecule has 2 heterocycles. The summed E-state index contributed by atoms with van der Waals surface area (Å²) in [6.45, 7) is 5.85. The number of H-pyrrole nitrogens is 1. The van der Waals surface area contributed by atoms with E-state index in [1.807, 2.05) is 17.9 Å². The third-order valence-electron chi connectivity index (χ3n) is 4.50. The summed E-state index contributed by atoms with van der Waals surface area (Å²) in [5.74, 6) is 0.175. The van der Waals surface area contributed by atoms with Gasteiger partial charge in [0.05, 0.1) is 5.56 Å². The van der Waals surface area contributed by atoms with Crippen LogP contribution in [0.1, 0.15) is 47.3 Å². The zero-order chi connectivity index (χ0) is 15.5. The largest absolute Gasteiger partial charge is 0.358 e. The Morgan fingerprint density at radius 1 is 1.00 bits per heavy atom. The van der Waals surface area contributed by atoms with Crippen molar-refractivity contribution in [2.75, 3.05) is 13.1 Å². The van der Waals surface area contributed by atoms with E-state index in [0.29, 0.717) is 0 Å². The third-order valence-corrected chi connectivity index (χ3v) is 4.50. The monoisotopic (exact) mass is 296 g/mol. The Labute approximate surface area is 132 Å². The van der Waals surface area contributed by atoms with Crippen molar-refractivity contribution in [1.82, 2.24) is 9.88 Å². The number of hydrogen-bond donors (Lipinski definition) is 1. The second-order valence-electron chi connectivity index (χ2n) is 6.29. The minimum Gasteiger partial charge on any atom is -0.358 e. The van der Waals surface area contributed by atoms with E-state index >= 15 is 0 Å². The van der Waals surface area contributed by atoms with Crippen molar-refractivity contribution in [3.63, 3.8) is 0 Å². The molecule has 3 heteroatoms. The molecular formula is C19H24N2O. The van der Waals surface area contributed by atoms with Crippen LogP contribution in [0.15, 0.2) is 30.3 Å². The van der Waals surface area contributed by atoms with Gasteiger partial charge in [0.1, 0.15) is 0 Å². The molecule has 1 aliphatic heterocycles. The maximum absolute atomic E-state index is 12.8. The third kappa shape index (κ3) is 3.08. The van der Waals surface area contributed by atoms with Gasteiger partial charge in [-0.25, -0.2) is 0 Å². The van der Waals surface area contributed by atoms with Crippen molar-refractivity contribution in [2.45, 2.75) is 39.5 Å². The van der Waals surface area contributed by atoms with E-state index in [1.54, 1.807) is 0 Å². The summed E-state index contributed by atoms with van der Waals surface area (Å²) in [5, 5.41) is 0. The van der Waals surface area contributed by atoms with E-state index < -0.39 is 0 Å². The summed E-state index contributed by atoms with van der Waals surface area (Å²) in [6.07, 6.45) is 4.73. The second kappa shape index (κ2) is 6.39. The minimum absolute atomic E-state index is 0.175. The Bertz CT molecular complexity index is 647. The van der Waals surface area contributed by atoms with Gasteiger partial charge >= 0.3 is 0 Å². The first-order valence-corrected chi connectivity index (χ1v) is 8.21. The lowest BCUT2D eigenvalue weighted by molar-refractivity contribution is 0.0761. The van der Waals surface area contributed by atoms with Crippen molar-refractivity contribution in [3.05, 3.63) is 47.2 Å². The predicted octanol–water partition coefficient (Wildman–Crippen LogP) is 4.31. The number of likely N-dealkylation sites (tertiary alicyclic amines) is 1. The van der Waals surface area contributed by atoms with Crippen LogP contribution >= 0.6 is 0 Å². The Morgan fingerprint density at radius 2 is 1.64 bits per heavy atom. The molecule has 3 nitrogen and oxygen atoms in total. The van der Waals surface area contributed by atoms with Gasteiger partial charge in [-0.2, -0.15) is 0 Å². The fraction of sp³-hybridized carbons (Fsp3) is 0.421. The highest BCUT2D eigenvalue weighted by atomic mass is 16.2. The molecule has 1 saturated heterocycles. The molecule has 0 spiro atoms. The van der Waals surface area contributed by atoms with Crippen LogP contribution in [0.25, 0.3) is 11.3 Å². The van der Waals surface area contributed by atoms with Crippen molar-refractivity contribution in [2.24, 2.45) is 0 Å². The molecule has 22 heavy (non-hydrogen) atoms. The van der Waals surface area contributed by atoms with Gasteiger partial charge < -0.3 is 9.88 Å². The van der Waals surface area contributed by atoms with E-state index in [2.05, 4.69) is 36.2 Å². The van der Waals surface area contributed by atoms with Crippen LogP contribution in [-0.2, 0) is 0 Å². The van der Waals surface area contributed by atoms with Gasteiger partial charge in [-0.1, -0.05) is 42.7 Å². The molecular weight excluding hydrogens is 272 g/mol. The molecule has 1 aromatic carbocycles. The predicted molar refractivity (Wildman–Crippen MR) is 90.1 cm³/mol. The van der Waals surface area contributed by atoms with Crippen LogP contribution < -0.4 is 0 Å². The summed E-state index contributed by atoms with van der Waals surface area (Å²) in [6, 6.07) is 10.4. The van der Waals surface area contributed by atoms with Crippen molar-refractivity contribution < 1.29 is 4.79 Å². The summed E-state index contributed by atoms with van der Waals surface area (Å²) in [7, 11) is 0. The molecule has 1 fully saturated rings. The molecule has 0 atom stereocenters. The summed E-state index contributed by atoms with van der Waals surface area (Å²) < 4.78 is 0.